The van der Waals surface area contributed by atoms with Gasteiger partial charge in [-0.15, -0.1) is 0 Å². The lowest BCUT2D eigenvalue weighted by Gasteiger charge is -2.46. The van der Waals surface area contributed by atoms with E-state index in [0.717, 1.165) is 38.7 Å². The number of hydrogen-bond donors (Lipinski definition) is 0. The van der Waals surface area contributed by atoms with Crippen molar-refractivity contribution in [1.29, 1.82) is 0 Å². The molecular weight excluding hydrogens is 464 g/mol. The highest BCUT2D eigenvalue weighted by Gasteiger charge is 2.40. The number of benzene rings is 3. The smallest absolute Gasteiger partial charge is 0.0418 e. The third kappa shape index (κ3) is 4.50. The third-order valence-corrected chi connectivity index (χ3v) is 8.35. The molecule has 2 saturated carbocycles. The van der Waals surface area contributed by atoms with Crippen LogP contribution < -0.4 is 0 Å². The third-order valence-electron chi connectivity index (χ3n) is 7.61. The number of rotatable bonds is 3. The first-order valence-corrected chi connectivity index (χ1v) is 12.8. The number of halogens is 2. The molecule has 2 bridgehead atoms. The van der Waals surface area contributed by atoms with Crippen LogP contribution in [0.5, 0.6) is 0 Å². The van der Waals surface area contributed by atoms with Gasteiger partial charge in [0.05, 0.1) is 0 Å². The maximum Gasteiger partial charge on any atom is 0.0418 e. The van der Waals surface area contributed by atoms with E-state index in [1.807, 2.05) is 6.07 Å². The van der Waals surface area contributed by atoms with Crippen LogP contribution in [0.4, 0.5) is 0 Å². The van der Waals surface area contributed by atoms with Crippen molar-refractivity contribution in [1.82, 2.24) is 0 Å². The van der Waals surface area contributed by atoms with Gasteiger partial charge in [0, 0.05) is 9.50 Å². The second-order valence-electron chi connectivity index (χ2n) is 10.0. The second kappa shape index (κ2) is 8.75. The first kappa shape index (κ1) is 21.3. The molecular formula is C29H30BrCl. The van der Waals surface area contributed by atoms with Gasteiger partial charge in [0.1, 0.15) is 0 Å². The first-order valence-electron chi connectivity index (χ1n) is 11.6. The standard InChI is InChI=1S/C29H30BrCl/c1-18-11-20-13-19(2)29(26(12-18)14-20)23-5-3-21(4-6-23)24-15-25(17-28(31)16-24)22-7-9-27(30)10-8-22/h3-10,15-20,26,29H,11-14H2,1-2H3. The Kier molecular flexibility index (Phi) is 6.01. The van der Waals surface area contributed by atoms with Gasteiger partial charge < -0.3 is 0 Å². The largest absolute Gasteiger partial charge is 0.0843 e. The van der Waals surface area contributed by atoms with Gasteiger partial charge in [0.15, 0.2) is 0 Å². The molecule has 0 radical (unpaired) electrons. The highest BCUT2D eigenvalue weighted by molar-refractivity contribution is 9.10. The normalized spacial score (nSPS) is 27.8. The van der Waals surface area contributed by atoms with Gasteiger partial charge >= 0.3 is 0 Å². The zero-order valence-corrected chi connectivity index (χ0v) is 20.7. The Bertz CT molecular complexity index is 1050. The minimum atomic E-state index is 0.714. The molecule has 0 N–H and O–H groups in total. The second-order valence-corrected chi connectivity index (χ2v) is 11.4. The van der Waals surface area contributed by atoms with Crippen LogP contribution in [0.2, 0.25) is 5.02 Å². The summed E-state index contributed by atoms with van der Waals surface area (Å²) in [5.74, 6) is 4.21. The maximum absolute atomic E-state index is 6.52. The summed E-state index contributed by atoms with van der Waals surface area (Å²) < 4.78 is 1.09. The van der Waals surface area contributed by atoms with Crippen molar-refractivity contribution in [3.8, 4) is 22.3 Å². The Morgan fingerprint density at radius 3 is 1.97 bits per heavy atom. The quantitative estimate of drug-likeness (QED) is 0.340. The molecule has 0 aliphatic heterocycles. The van der Waals surface area contributed by atoms with Crippen molar-refractivity contribution < 1.29 is 0 Å². The molecule has 5 atom stereocenters. The Labute approximate surface area is 200 Å². The summed E-state index contributed by atoms with van der Waals surface area (Å²) in [5.41, 5.74) is 6.29. The minimum Gasteiger partial charge on any atom is -0.0843 e. The Morgan fingerprint density at radius 1 is 0.710 bits per heavy atom. The number of hydrogen-bond acceptors (Lipinski definition) is 0. The van der Waals surface area contributed by atoms with Crippen LogP contribution in [-0.4, -0.2) is 0 Å². The topological polar surface area (TPSA) is 0 Å². The van der Waals surface area contributed by atoms with Crippen molar-refractivity contribution in [2.75, 3.05) is 0 Å². The van der Waals surface area contributed by atoms with E-state index < -0.39 is 0 Å². The van der Waals surface area contributed by atoms with E-state index in [4.69, 9.17) is 11.6 Å². The first-order chi connectivity index (χ1) is 15.0. The van der Waals surface area contributed by atoms with Gasteiger partial charge in [-0.1, -0.05) is 77.8 Å². The molecule has 2 fully saturated rings. The molecule has 0 amide bonds. The lowest BCUT2D eigenvalue weighted by Crippen LogP contribution is -2.35. The van der Waals surface area contributed by atoms with Gasteiger partial charge in [-0.05, 0) is 113 Å². The van der Waals surface area contributed by atoms with E-state index in [0.29, 0.717) is 5.92 Å². The molecule has 0 heterocycles. The molecule has 0 aromatic heterocycles. The fourth-order valence-corrected chi connectivity index (χ4v) is 6.99. The van der Waals surface area contributed by atoms with Crippen molar-refractivity contribution in [3.05, 3.63) is 81.8 Å². The molecule has 2 aliphatic rings. The maximum atomic E-state index is 6.52. The van der Waals surface area contributed by atoms with E-state index in [9.17, 15) is 0 Å². The van der Waals surface area contributed by atoms with Gasteiger partial charge in [0.25, 0.3) is 0 Å². The fourth-order valence-electron chi connectivity index (χ4n) is 6.49. The monoisotopic (exact) mass is 492 g/mol. The molecule has 160 valence electrons. The molecule has 3 aromatic rings. The number of fused-ring (bicyclic) bond motifs is 2. The molecule has 0 saturated heterocycles. The van der Waals surface area contributed by atoms with Crippen molar-refractivity contribution in [3.63, 3.8) is 0 Å². The van der Waals surface area contributed by atoms with Gasteiger partial charge in [-0.3, -0.25) is 0 Å². The Hall–Kier alpha value is -1.57. The predicted octanol–water partition coefficient (Wildman–Crippen LogP) is 9.61. The molecule has 5 rings (SSSR count). The summed E-state index contributed by atoms with van der Waals surface area (Å²) in [7, 11) is 0. The van der Waals surface area contributed by atoms with E-state index in [-0.39, 0.29) is 0 Å². The SMILES string of the molecule is CC1CC2CC(C)C(c3ccc(-c4cc(Cl)cc(-c5ccc(Br)cc5)c4)cc3)C(C1)C2. The molecule has 2 aliphatic carbocycles. The van der Waals surface area contributed by atoms with Crippen LogP contribution in [0.25, 0.3) is 22.3 Å². The average Bonchev–Trinajstić information content (AvgIpc) is 2.73. The van der Waals surface area contributed by atoms with Gasteiger partial charge in [-0.2, -0.15) is 0 Å². The van der Waals surface area contributed by atoms with Crippen LogP contribution in [-0.2, 0) is 0 Å². The van der Waals surface area contributed by atoms with Gasteiger partial charge in [0.2, 0.25) is 0 Å². The van der Waals surface area contributed by atoms with Crippen molar-refractivity contribution >= 4 is 27.5 Å². The van der Waals surface area contributed by atoms with E-state index >= 15 is 0 Å². The summed E-state index contributed by atoms with van der Waals surface area (Å²) in [6.07, 6.45) is 5.68. The predicted molar refractivity (Wildman–Crippen MR) is 137 cm³/mol. The summed E-state index contributed by atoms with van der Waals surface area (Å²) in [4.78, 5) is 0. The summed E-state index contributed by atoms with van der Waals surface area (Å²) in [5, 5.41) is 0.780. The van der Waals surface area contributed by atoms with E-state index in [1.54, 1.807) is 0 Å². The molecule has 0 nitrogen and oxygen atoms in total. The summed E-state index contributed by atoms with van der Waals surface area (Å²) >= 11 is 10.0. The highest BCUT2D eigenvalue weighted by Crippen LogP contribution is 2.52. The van der Waals surface area contributed by atoms with Gasteiger partial charge in [-0.25, -0.2) is 0 Å². The van der Waals surface area contributed by atoms with Crippen molar-refractivity contribution in [2.45, 2.75) is 45.4 Å². The lowest BCUT2D eigenvalue weighted by molar-refractivity contribution is 0.0854. The molecule has 31 heavy (non-hydrogen) atoms. The van der Waals surface area contributed by atoms with E-state index in [2.05, 4.69) is 90.4 Å². The van der Waals surface area contributed by atoms with Crippen LogP contribution in [0.1, 0.15) is 51.0 Å². The van der Waals surface area contributed by atoms with Crippen molar-refractivity contribution in [2.24, 2.45) is 23.7 Å². The molecule has 0 spiro atoms. The summed E-state index contributed by atoms with van der Waals surface area (Å²) in [6, 6.07) is 24.2. The lowest BCUT2D eigenvalue weighted by atomic mass is 9.59. The van der Waals surface area contributed by atoms with E-state index in [1.165, 1.54) is 47.9 Å². The highest BCUT2D eigenvalue weighted by atomic mass is 79.9. The zero-order chi connectivity index (χ0) is 21.5. The van der Waals surface area contributed by atoms with Crippen LogP contribution in [0.3, 0.4) is 0 Å². The zero-order valence-electron chi connectivity index (χ0n) is 18.3. The van der Waals surface area contributed by atoms with Crippen LogP contribution >= 0.6 is 27.5 Å². The molecule has 3 aromatic carbocycles. The summed E-state index contributed by atoms with van der Waals surface area (Å²) in [6.45, 7) is 4.94. The molecule has 2 heteroatoms. The average molecular weight is 494 g/mol. The molecule has 5 unspecified atom stereocenters. The van der Waals surface area contributed by atoms with Crippen LogP contribution in [0, 0.1) is 23.7 Å². The Balaban J connectivity index is 1.43. The minimum absolute atomic E-state index is 0.714. The fraction of sp³-hybridized carbons (Fsp3) is 0.379. The Morgan fingerprint density at radius 2 is 1.32 bits per heavy atom. The van der Waals surface area contributed by atoms with Crippen LogP contribution in [0.15, 0.2) is 71.2 Å².